The lowest BCUT2D eigenvalue weighted by Gasteiger charge is -2.23. The van der Waals surface area contributed by atoms with Crippen LogP contribution in [-0.2, 0) is 9.84 Å². The molecule has 4 heteroatoms. The minimum absolute atomic E-state index is 0.153. The van der Waals surface area contributed by atoms with Crippen LogP contribution in [0.15, 0.2) is 29.2 Å². The number of nitrogens with one attached hydrogen (secondary N) is 1. The molecular weight excluding hydrogens is 270 g/mol. The predicted octanol–water partition coefficient (Wildman–Crippen LogP) is 3.33. The Morgan fingerprint density at radius 1 is 1.20 bits per heavy atom. The summed E-state index contributed by atoms with van der Waals surface area (Å²) in [4.78, 5) is 0.450. The zero-order valence-electron chi connectivity index (χ0n) is 12.0. The van der Waals surface area contributed by atoms with E-state index in [4.69, 9.17) is 0 Å². The highest BCUT2D eigenvalue weighted by molar-refractivity contribution is 7.91. The first-order valence-corrected chi connectivity index (χ1v) is 9.31. The van der Waals surface area contributed by atoms with Gasteiger partial charge in [-0.1, -0.05) is 25.5 Å². The summed E-state index contributed by atoms with van der Waals surface area (Å²) >= 11 is 0. The average molecular weight is 293 g/mol. The molecular formula is C16H23NO2S. The van der Waals surface area contributed by atoms with Crippen molar-refractivity contribution in [2.45, 2.75) is 37.5 Å². The number of fused-ring (bicyclic) bond motifs is 2. The van der Waals surface area contributed by atoms with Crippen molar-refractivity contribution < 1.29 is 8.42 Å². The van der Waals surface area contributed by atoms with Crippen LogP contribution in [0.25, 0.3) is 0 Å². The average Bonchev–Trinajstić information content (AvgIpc) is 3.08. The summed E-state index contributed by atoms with van der Waals surface area (Å²) in [5.74, 6) is 2.68. The van der Waals surface area contributed by atoms with E-state index < -0.39 is 9.84 Å². The van der Waals surface area contributed by atoms with Gasteiger partial charge in [0.15, 0.2) is 9.84 Å². The lowest BCUT2D eigenvalue weighted by Crippen LogP contribution is -2.21. The molecule has 0 spiro atoms. The fourth-order valence-corrected chi connectivity index (χ4v) is 4.98. The molecule has 3 nitrogen and oxygen atoms in total. The third kappa shape index (κ3) is 2.58. The highest BCUT2D eigenvalue weighted by Gasteiger charge is 2.39. The highest BCUT2D eigenvalue weighted by atomic mass is 32.2. The fraction of sp³-hybridized carbons (Fsp3) is 0.625. The molecule has 2 saturated carbocycles. The molecule has 0 saturated heterocycles. The van der Waals surface area contributed by atoms with Gasteiger partial charge >= 0.3 is 0 Å². The molecule has 1 aromatic carbocycles. The summed E-state index contributed by atoms with van der Waals surface area (Å²) in [5, 5.41) is 3.40. The third-order valence-electron chi connectivity index (χ3n) is 5.04. The second-order valence-electron chi connectivity index (χ2n) is 6.22. The highest BCUT2D eigenvalue weighted by Crippen LogP contribution is 2.48. The molecule has 0 aromatic heterocycles. The molecule has 0 aliphatic heterocycles. The van der Waals surface area contributed by atoms with Crippen LogP contribution in [0.4, 0.5) is 5.69 Å². The van der Waals surface area contributed by atoms with Crippen molar-refractivity contribution in [3.8, 4) is 0 Å². The van der Waals surface area contributed by atoms with Crippen LogP contribution in [0, 0.1) is 17.8 Å². The van der Waals surface area contributed by atoms with Gasteiger partial charge in [-0.2, -0.15) is 0 Å². The van der Waals surface area contributed by atoms with Crippen LogP contribution >= 0.6 is 0 Å². The molecule has 0 heterocycles. The second-order valence-corrected chi connectivity index (χ2v) is 8.46. The Labute approximate surface area is 121 Å². The SMILES string of the molecule is CCS(=O)(=O)c1ccccc1NCC1CC2CCC1C2. The maximum atomic E-state index is 12.1. The number of rotatable bonds is 5. The largest absolute Gasteiger partial charge is 0.384 e. The maximum absolute atomic E-state index is 12.1. The van der Waals surface area contributed by atoms with E-state index >= 15 is 0 Å². The zero-order chi connectivity index (χ0) is 14.2. The molecule has 1 N–H and O–H groups in total. The topological polar surface area (TPSA) is 46.2 Å². The van der Waals surface area contributed by atoms with Crippen LogP contribution in [0.1, 0.15) is 32.6 Å². The Kier molecular flexibility index (Phi) is 3.76. The Hall–Kier alpha value is -1.03. The summed E-state index contributed by atoms with van der Waals surface area (Å²) in [7, 11) is -3.15. The normalized spacial score (nSPS) is 28.8. The Morgan fingerprint density at radius 2 is 2.00 bits per heavy atom. The Bertz CT molecular complexity index is 582. The lowest BCUT2D eigenvalue weighted by atomic mass is 9.89. The molecule has 110 valence electrons. The van der Waals surface area contributed by atoms with E-state index in [0.717, 1.165) is 30.0 Å². The zero-order valence-corrected chi connectivity index (χ0v) is 12.8. The van der Waals surface area contributed by atoms with Gasteiger partial charge in [0, 0.05) is 6.54 Å². The van der Waals surface area contributed by atoms with E-state index in [0.29, 0.717) is 4.90 Å². The predicted molar refractivity (Wildman–Crippen MR) is 81.6 cm³/mol. The number of hydrogen-bond donors (Lipinski definition) is 1. The summed E-state index contributed by atoms with van der Waals surface area (Å²) in [6.07, 6.45) is 5.48. The van der Waals surface area contributed by atoms with Gasteiger partial charge < -0.3 is 5.32 Å². The molecule has 2 aliphatic rings. The van der Waals surface area contributed by atoms with Gasteiger partial charge in [-0.25, -0.2) is 8.42 Å². The van der Waals surface area contributed by atoms with E-state index in [1.54, 1.807) is 19.1 Å². The van der Waals surface area contributed by atoms with Gasteiger partial charge in [-0.05, 0) is 49.1 Å². The number of benzene rings is 1. The van der Waals surface area contributed by atoms with Crippen LogP contribution in [0.3, 0.4) is 0 Å². The monoisotopic (exact) mass is 293 g/mol. The van der Waals surface area contributed by atoms with E-state index in [9.17, 15) is 8.42 Å². The molecule has 3 rings (SSSR count). The van der Waals surface area contributed by atoms with Gasteiger partial charge in [0.25, 0.3) is 0 Å². The van der Waals surface area contributed by atoms with Crippen molar-refractivity contribution in [3.63, 3.8) is 0 Å². The minimum Gasteiger partial charge on any atom is -0.384 e. The lowest BCUT2D eigenvalue weighted by molar-refractivity contribution is 0.348. The maximum Gasteiger partial charge on any atom is 0.180 e. The number of hydrogen-bond acceptors (Lipinski definition) is 3. The molecule has 1 aromatic rings. The van der Waals surface area contributed by atoms with E-state index in [1.165, 1.54) is 25.7 Å². The summed E-state index contributed by atoms with van der Waals surface area (Å²) in [6.45, 7) is 2.61. The quantitative estimate of drug-likeness (QED) is 0.906. The van der Waals surface area contributed by atoms with E-state index in [-0.39, 0.29) is 5.75 Å². The summed E-state index contributed by atoms with van der Waals surface area (Å²) in [5.41, 5.74) is 0.775. The van der Waals surface area contributed by atoms with Crippen molar-refractivity contribution in [1.29, 1.82) is 0 Å². The second kappa shape index (κ2) is 5.40. The smallest absolute Gasteiger partial charge is 0.180 e. The van der Waals surface area contributed by atoms with Gasteiger partial charge in [-0.3, -0.25) is 0 Å². The first kappa shape index (κ1) is 13.9. The third-order valence-corrected chi connectivity index (χ3v) is 6.83. The molecule has 0 amide bonds. The molecule has 3 unspecified atom stereocenters. The van der Waals surface area contributed by atoms with Crippen molar-refractivity contribution >= 4 is 15.5 Å². The molecule has 0 radical (unpaired) electrons. The van der Waals surface area contributed by atoms with Crippen LogP contribution in [0.2, 0.25) is 0 Å². The van der Waals surface area contributed by atoms with Crippen LogP contribution < -0.4 is 5.32 Å². The summed E-state index contributed by atoms with van der Waals surface area (Å²) < 4.78 is 24.2. The summed E-state index contributed by atoms with van der Waals surface area (Å²) in [6, 6.07) is 7.29. The first-order chi connectivity index (χ1) is 9.60. The van der Waals surface area contributed by atoms with Crippen LogP contribution in [-0.4, -0.2) is 20.7 Å². The molecule has 2 aliphatic carbocycles. The van der Waals surface area contributed by atoms with Gasteiger partial charge in [0.05, 0.1) is 16.3 Å². The Balaban J connectivity index is 1.72. The fourth-order valence-electron chi connectivity index (χ4n) is 3.91. The van der Waals surface area contributed by atoms with Gasteiger partial charge in [0.2, 0.25) is 0 Å². The molecule has 3 atom stereocenters. The van der Waals surface area contributed by atoms with E-state index in [2.05, 4.69) is 5.32 Å². The van der Waals surface area contributed by atoms with Gasteiger partial charge in [0.1, 0.15) is 0 Å². The Morgan fingerprint density at radius 3 is 2.65 bits per heavy atom. The van der Waals surface area contributed by atoms with Crippen molar-refractivity contribution in [2.75, 3.05) is 17.6 Å². The molecule has 2 fully saturated rings. The minimum atomic E-state index is -3.15. The van der Waals surface area contributed by atoms with Crippen molar-refractivity contribution in [2.24, 2.45) is 17.8 Å². The van der Waals surface area contributed by atoms with Crippen LogP contribution in [0.5, 0.6) is 0 Å². The standard InChI is InChI=1S/C16H23NO2S/c1-2-20(18,19)16-6-4-3-5-15(16)17-11-14-10-12-7-8-13(14)9-12/h3-6,12-14,17H,2,7-11H2,1H3. The van der Waals surface area contributed by atoms with E-state index in [1.807, 2.05) is 12.1 Å². The number of anilines is 1. The number of sulfone groups is 1. The number of para-hydroxylation sites is 1. The molecule has 2 bridgehead atoms. The first-order valence-electron chi connectivity index (χ1n) is 7.66. The molecule has 20 heavy (non-hydrogen) atoms. The van der Waals surface area contributed by atoms with Gasteiger partial charge in [-0.15, -0.1) is 0 Å². The van der Waals surface area contributed by atoms with Crippen molar-refractivity contribution in [1.82, 2.24) is 0 Å². The van der Waals surface area contributed by atoms with Crippen molar-refractivity contribution in [3.05, 3.63) is 24.3 Å².